The van der Waals surface area contributed by atoms with Crippen LogP contribution in [0, 0.1) is 0 Å². The smallest absolute Gasteiger partial charge is 0.293 e. The van der Waals surface area contributed by atoms with Gasteiger partial charge in [0, 0.05) is 0 Å². The number of halogens is 1. The molecule has 0 rings (SSSR count). The van der Waals surface area contributed by atoms with Gasteiger partial charge in [-0.05, 0) is 0 Å². The summed E-state index contributed by atoms with van der Waals surface area (Å²) >= 11 is 5.29. The van der Waals surface area contributed by atoms with E-state index >= 15 is 0 Å². The van der Waals surface area contributed by atoms with Crippen LogP contribution in [-0.4, -0.2) is 18.5 Å². The molecule has 0 heterocycles. The predicted octanol–water partition coefficient (Wildman–Crippen LogP) is 0.953. The minimum atomic E-state index is -0.339. The number of hydrogen-bond acceptors (Lipinski definition) is 2. The van der Waals surface area contributed by atoms with Crippen LogP contribution in [0.4, 0.5) is 0 Å². The van der Waals surface area contributed by atoms with E-state index in [4.69, 9.17) is 11.6 Å². The van der Waals surface area contributed by atoms with Crippen molar-refractivity contribution >= 4 is 18.1 Å². The van der Waals surface area contributed by atoms with Gasteiger partial charge in [-0.2, -0.15) is 0 Å². The number of rotatable bonds is 4. The SMILES string of the molecule is C=CC(CCl)OC=O. The molecule has 0 aliphatic rings. The topological polar surface area (TPSA) is 26.3 Å². The van der Waals surface area contributed by atoms with Gasteiger partial charge >= 0.3 is 0 Å². The summed E-state index contributed by atoms with van der Waals surface area (Å²) in [5.74, 6) is 0.266. The summed E-state index contributed by atoms with van der Waals surface area (Å²) in [5.41, 5.74) is 0. The highest BCUT2D eigenvalue weighted by Crippen LogP contribution is 1.92. The molecule has 0 aliphatic heterocycles. The van der Waals surface area contributed by atoms with Gasteiger partial charge in [0.25, 0.3) is 6.47 Å². The fourth-order valence-electron chi connectivity index (χ4n) is 0.226. The Morgan fingerprint density at radius 3 is 2.62 bits per heavy atom. The van der Waals surface area contributed by atoms with E-state index in [1.165, 1.54) is 6.08 Å². The van der Waals surface area contributed by atoms with Gasteiger partial charge in [0.1, 0.15) is 6.10 Å². The van der Waals surface area contributed by atoms with Crippen LogP contribution in [0.2, 0.25) is 0 Å². The average molecular weight is 135 g/mol. The van der Waals surface area contributed by atoms with Crippen molar-refractivity contribution in [1.82, 2.24) is 0 Å². The van der Waals surface area contributed by atoms with Crippen molar-refractivity contribution in [2.75, 3.05) is 5.88 Å². The summed E-state index contributed by atoms with van der Waals surface area (Å²) in [4.78, 5) is 9.60. The van der Waals surface area contributed by atoms with E-state index in [1.807, 2.05) is 0 Å². The first-order chi connectivity index (χ1) is 3.85. The Balaban J connectivity index is 3.35. The number of hydrogen-bond donors (Lipinski definition) is 0. The van der Waals surface area contributed by atoms with Gasteiger partial charge in [0.15, 0.2) is 0 Å². The third kappa shape index (κ3) is 2.64. The molecule has 0 radical (unpaired) electrons. The molecule has 46 valence electrons. The summed E-state index contributed by atoms with van der Waals surface area (Å²) < 4.78 is 4.41. The van der Waals surface area contributed by atoms with Gasteiger partial charge < -0.3 is 4.74 Å². The van der Waals surface area contributed by atoms with Crippen LogP contribution in [0.15, 0.2) is 12.7 Å². The first-order valence-electron chi connectivity index (χ1n) is 2.12. The molecule has 0 saturated heterocycles. The molecule has 2 nitrogen and oxygen atoms in total. The molecule has 0 aliphatic carbocycles. The molecule has 0 aromatic carbocycles. The zero-order chi connectivity index (χ0) is 6.41. The minimum Gasteiger partial charge on any atom is -0.459 e. The zero-order valence-electron chi connectivity index (χ0n) is 4.34. The summed E-state index contributed by atoms with van der Waals surface area (Å²) in [5, 5.41) is 0. The molecule has 3 heteroatoms. The molecular weight excluding hydrogens is 128 g/mol. The monoisotopic (exact) mass is 134 g/mol. The maximum Gasteiger partial charge on any atom is 0.293 e. The lowest BCUT2D eigenvalue weighted by molar-refractivity contribution is -0.130. The zero-order valence-corrected chi connectivity index (χ0v) is 5.10. The maximum absolute atomic E-state index is 9.60. The van der Waals surface area contributed by atoms with Gasteiger partial charge in [-0.15, -0.1) is 11.6 Å². The molecule has 1 atom stereocenters. The van der Waals surface area contributed by atoms with Crippen molar-refractivity contribution < 1.29 is 9.53 Å². The van der Waals surface area contributed by atoms with Gasteiger partial charge in [0.05, 0.1) is 5.88 Å². The largest absolute Gasteiger partial charge is 0.459 e. The van der Waals surface area contributed by atoms with Crippen molar-refractivity contribution in [1.29, 1.82) is 0 Å². The Morgan fingerprint density at radius 2 is 2.50 bits per heavy atom. The molecule has 0 spiro atoms. The molecule has 0 aromatic heterocycles. The normalized spacial score (nSPS) is 12.1. The van der Waals surface area contributed by atoms with Crippen LogP contribution in [0.3, 0.4) is 0 Å². The average Bonchev–Trinajstić information content (AvgIpc) is 1.83. The predicted molar refractivity (Wildman–Crippen MR) is 31.9 cm³/mol. The number of carbonyl (C=O) groups is 1. The lowest BCUT2D eigenvalue weighted by atomic mass is 10.4. The molecular formula is C5H7ClO2. The molecule has 0 fully saturated rings. The first kappa shape index (κ1) is 7.50. The molecule has 0 amide bonds. The molecule has 8 heavy (non-hydrogen) atoms. The van der Waals surface area contributed by atoms with E-state index in [0.717, 1.165) is 0 Å². The lowest BCUT2D eigenvalue weighted by Gasteiger charge is -2.02. The van der Waals surface area contributed by atoms with Gasteiger partial charge in [-0.25, -0.2) is 0 Å². The van der Waals surface area contributed by atoms with Crippen molar-refractivity contribution in [3.8, 4) is 0 Å². The standard InChI is InChI=1S/C5H7ClO2/c1-2-5(3-6)8-4-7/h2,4-5H,1,3H2. The van der Waals surface area contributed by atoms with Gasteiger partial charge in [-0.3, -0.25) is 4.79 Å². The van der Waals surface area contributed by atoms with Gasteiger partial charge in [0.2, 0.25) is 0 Å². The van der Waals surface area contributed by atoms with Crippen molar-refractivity contribution in [2.45, 2.75) is 6.10 Å². The van der Waals surface area contributed by atoms with Crippen LogP contribution >= 0.6 is 11.6 Å². The number of ether oxygens (including phenoxy) is 1. The molecule has 0 bridgehead atoms. The summed E-state index contributed by atoms with van der Waals surface area (Å²) in [6.45, 7) is 3.74. The lowest BCUT2D eigenvalue weighted by Crippen LogP contribution is -2.09. The number of carbonyl (C=O) groups excluding carboxylic acids is 1. The van der Waals surface area contributed by atoms with Crippen LogP contribution in [0.1, 0.15) is 0 Å². The second kappa shape index (κ2) is 4.65. The van der Waals surface area contributed by atoms with Crippen LogP contribution in [-0.2, 0) is 9.53 Å². The number of alkyl halides is 1. The first-order valence-corrected chi connectivity index (χ1v) is 2.66. The Morgan fingerprint density at radius 1 is 1.88 bits per heavy atom. The second-order valence-corrected chi connectivity index (χ2v) is 1.47. The second-order valence-electron chi connectivity index (χ2n) is 1.16. The van der Waals surface area contributed by atoms with E-state index in [0.29, 0.717) is 6.47 Å². The fourth-order valence-corrected chi connectivity index (χ4v) is 0.425. The van der Waals surface area contributed by atoms with E-state index in [2.05, 4.69) is 11.3 Å². The highest BCUT2D eigenvalue weighted by molar-refractivity contribution is 6.18. The quantitative estimate of drug-likeness (QED) is 0.325. The molecule has 1 unspecified atom stereocenters. The van der Waals surface area contributed by atoms with Crippen LogP contribution in [0.5, 0.6) is 0 Å². The van der Waals surface area contributed by atoms with E-state index < -0.39 is 0 Å². The van der Waals surface area contributed by atoms with Crippen molar-refractivity contribution in [3.63, 3.8) is 0 Å². The fraction of sp³-hybridized carbons (Fsp3) is 0.400. The van der Waals surface area contributed by atoms with Crippen molar-refractivity contribution in [2.24, 2.45) is 0 Å². The van der Waals surface area contributed by atoms with Crippen LogP contribution < -0.4 is 0 Å². The summed E-state index contributed by atoms with van der Waals surface area (Å²) in [6.07, 6.45) is 1.13. The summed E-state index contributed by atoms with van der Waals surface area (Å²) in [6, 6.07) is 0. The van der Waals surface area contributed by atoms with E-state index in [9.17, 15) is 4.79 Å². The highest BCUT2D eigenvalue weighted by atomic mass is 35.5. The highest BCUT2D eigenvalue weighted by Gasteiger charge is 1.97. The third-order valence-electron chi connectivity index (χ3n) is 0.645. The molecule has 0 aromatic rings. The Kier molecular flexibility index (Phi) is 4.36. The summed E-state index contributed by atoms with van der Waals surface area (Å²) in [7, 11) is 0. The maximum atomic E-state index is 9.60. The molecule has 0 N–H and O–H groups in total. The van der Waals surface area contributed by atoms with Crippen molar-refractivity contribution in [3.05, 3.63) is 12.7 Å². The van der Waals surface area contributed by atoms with Gasteiger partial charge in [-0.1, -0.05) is 12.7 Å². The van der Waals surface area contributed by atoms with E-state index in [-0.39, 0.29) is 12.0 Å². The Hall–Kier alpha value is -0.500. The third-order valence-corrected chi connectivity index (χ3v) is 0.949. The Labute approximate surface area is 53.1 Å². The minimum absolute atomic E-state index is 0.266. The van der Waals surface area contributed by atoms with E-state index in [1.54, 1.807) is 0 Å². The Bertz CT molecular complexity index is 82.5. The van der Waals surface area contributed by atoms with Crippen LogP contribution in [0.25, 0.3) is 0 Å². The molecule has 0 saturated carbocycles.